The predicted octanol–water partition coefficient (Wildman–Crippen LogP) is 7.03. The molecule has 1 N–H and O–H groups in total. The standard InChI is InChI=1S/C34H35FN4O3S/c1-23-30-22-29(37-39(30)16-15-38(23)2)25-13-20-41-19-12-24(35)8-7-10-27-32(25)36-33(28-14-21-43-34(27)28)26-9-3-4-11-31(26)42-18-6-5-17-40/h3-12,14,19,21-23,25,40H,13,15-18,20H2,1-2H3/b6-5+,10-7+,19-12+,24-8+. The molecule has 2 unspecified atom stereocenters. The van der Waals surface area contributed by atoms with Crippen LogP contribution in [0.4, 0.5) is 4.39 Å². The van der Waals surface area contributed by atoms with E-state index in [0.29, 0.717) is 25.4 Å². The lowest BCUT2D eigenvalue weighted by Crippen LogP contribution is -2.33. The van der Waals surface area contributed by atoms with Crippen LogP contribution in [0.2, 0.25) is 0 Å². The number of aliphatic hydroxyl groups excluding tert-OH is 1. The van der Waals surface area contributed by atoms with Crippen LogP contribution in [0.15, 0.2) is 84.2 Å². The first-order valence-corrected chi connectivity index (χ1v) is 15.4. The summed E-state index contributed by atoms with van der Waals surface area (Å²) >= 11 is 1.64. The van der Waals surface area contributed by atoms with Gasteiger partial charge in [0, 0.05) is 45.8 Å². The summed E-state index contributed by atoms with van der Waals surface area (Å²) < 4.78 is 29.5. The van der Waals surface area contributed by atoms with Gasteiger partial charge in [0.2, 0.25) is 0 Å². The number of para-hydroxylation sites is 1. The number of aliphatic hydroxyl groups is 1. The molecule has 0 amide bonds. The Bertz CT molecular complexity index is 1720. The Hall–Kier alpha value is -4.05. The Kier molecular flexibility index (Phi) is 8.83. The van der Waals surface area contributed by atoms with E-state index in [0.717, 1.165) is 51.4 Å². The van der Waals surface area contributed by atoms with Crippen molar-refractivity contribution in [1.82, 2.24) is 19.7 Å². The normalized spacial score (nSPS) is 22.1. The molecule has 0 spiro atoms. The van der Waals surface area contributed by atoms with E-state index in [2.05, 4.69) is 41.1 Å². The molecule has 5 heterocycles. The zero-order valence-electron chi connectivity index (χ0n) is 24.3. The maximum absolute atomic E-state index is 14.4. The monoisotopic (exact) mass is 598 g/mol. The van der Waals surface area contributed by atoms with Crippen molar-refractivity contribution in [3.63, 3.8) is 0 Å². The molecule has 43 heavy (non-hydrogen) atoms. The van der Waals surface area contributed by atoms with Crippen molar-refractivity contribution in [3.05, 3.63) is 107 Å². The Morgan fingerprint density at radius 2 is 2.07 bits per heavy atom. The van der Waals surface area contributed by atoms with Gasteiger partial charge in [-0.15, -0.1) is 11.3 Å². The number of allylic oxidation sites excluding steroid dienone is 4. The molecule has 9 heteroatoms. The molecule has 0 saturated heterocycles. The van der Waals surface area contributed by atoms with Crippen molar-refractivity contribution in [1.29, 1.82) is 0 Å². The number of nitrogens with zero attached hydrogens (tertiary/aromatic N) is 4. The van der Waals surface area contributed by atoms with Gasteiger partial charge in [-0.05, 0) is 62.2 Å². The van der Waals surface area contributed by atoms with Crippen LogP contribution >= 0.6 is 11.3 Å². The number of pyridine rings is 1. The lowest BCUT2D eigenvalue weighted by atomic mass is 9.91. The first-order chi connectivity index (χ1) is 21.0. The van der Waals surface area contributed by atoms with Crippen LogP contribution in [0.1, 0.15) is 47.9 Å². The van der Waals surface area contributed by atoms with E-state index < -0.39 is 0 Å². The lowest BCUT2D eigenvalue weighted by molar-refractivity contribution is 0.202. The fraction of sp³-hybridized carbons (Fsp3) is 0.294. The van der Waals surface area contributed by atoms with Gasteiger partial charge < -0.3 is 14.6 Å². The van der Waals surface area contributed by atoms with E-state index >= 15 is 0 Å². The maximum Gasteiger partial charge on any atom is 0.129 e. The molecule has 6 rings (SSSR count). The highest BCUT2D eigenvalue weighted by Gasteiger charge is 2.30. The van der Waals surface area contributed by atoms with Gasteiger partial charge in [-0.1, -0.05) is 30.4 Å². The number of hydrogen-bond donors (Lipinski definition) is 1. The number of aromatic nitrogens is 3. The Morgan fingerprint density at radius 3 is 2.95 bits per heavy atom. The number of hydrogen-bond acceptors (Lipinski definition) is 7. The van der Waals surface area contributed by atoms with Gasteiger partial charge in [0.1, 0.15) is 18.2 Å². The summed E-state index contributed by atoms with van der Waals surface area (Å²) in [6.07, 6.45) is 11.9. The van der Waals surface area contributed by atoms with Crippen molar-refractivity contribution < 1.29 is 19.0 Å². The summed E-state index contributed by atoms with van der Waals surface area (Å²) in [7, 11) is 2.14. The topological polar surface area (TPSA) is 72.6 Å². The molecule has 4 aromatic rings. The van der Waals surface area contributed by atoms with Crippen LogP contribution in [0.5, 0.6) is 5.75 Å². The number of ether oxygens (including phenoxy) is 2. The molecule has 0 fully saturated rings. The van der Waals surface area contributed by atoms with Crippen LogP contribution in [0, 0.1) is 0 Å². The van der Waals surface area contributed by atoms with E-state index in [1.165, 1.54) is 24.1 Å². The smallest absolute Gasteiger partial charge is 0.129 e. The molecule has 7 nitrogen and oxygen atoms in total. The summed E-state index contributed by atoms with van der Waals surface area (Å²) in [4.78, 5) is 7.74. The maximum atomic E-state index is 14.4. The minimum atomic E-state index is -0.386. The van der Waals surface area contributed by atoms with Gasteiger partial charge in [-0.2, -0.15) is 5.10 Å². The third kappa shape index (κ3) is 6.06. The first kappa shape index (κ1) is 29.0. The van der Waals surface area contributed by atoms with E-state index in [-0.39, 0.29) is 24.4 Å². The quantitative estimate of drug-likeness (QED) is 0.241. The summed E-state index contributed by atoms with van der Waals surface area (Å²) in [5, 5.41) is 17.3. The molecule has 0 saturated carbocycles. The second kappa shape index (κ2) is 13.1. The minimum absolute atomic E-state index is 0.0348. The van der Waals surface area contributed by atoms with Gasteiger partial charge >= 0.3 is 0 Å². The third-order valence-electron chi connectivity index (χ3n) is 8.06. The van der Waals surface area contributed by atoms with Crippen LogP contribution in [-0.4, -0.2) is 58.2 Å². The molecule has 1 aromatic carbocycles. The number of thiophene rings is 1. The molecule has 2 aliphatic heterocycles. The summed E-state index contributed by atoms with van der Waals surface area (Å²) in [6, 6.07) is 12.4. The highest BCUT2D eigenvalue weighted by atomic mass is 32.1. The van der Waals surface area contributed by atoms with E-state index in [9.17, 15) is 4.39 Å². The average molecular weight is 599 g/mol. The van der Waals surface area contributed by atoms with E-state index in [1.807, 2.05) is 30.3 Å². The molecule has 3 aromatic heterocycles. The highest BCUT2D eigenvalue weighted by Crippen LogP contribution is 2.42. The zero-order valence-corrected chi connectivity index (χ0v) is 25.1. The fourth-order valence-corrected chi connectivity index (χ4v) is 6.59. The van der Waals surface area contributed by atoms with Gasteiger partial charge in [-0.25, -0.2) is 4.39 Å². The predicted molar refractivity (Wildman–Crippen MR) is 170 cm³/mol. The Labute approximate surface area is 254 Å². The van der Waals surface area contributed by atoms with Crippen molar-refractivity contribution in [2.45, 2.75) is 31.8 Å². The van der Waals surface area contributed by atoms with Gasteiger partial charge in [0.05, 0.1) is 48.8 Å². The Morgan fingerprint density at radius 1 is 1.19 bits per heavy atom. The van der Waals surface area contributed by atoms with Crippen molar-refractivity contribution >= 4 is 27.5 Å². The SMILES string of the molecule is CC1c2cc(C3CCO/C=C/C(F)=C\C=C\c4c3nc(-c3ccccc3OC/C=C/CO)c3ccsc43)nn2CCN1C. The zero-order chi connectivity index (χ0) is 29.8. The summed E-state index contributed by atoms with van der Waals surface area (Å²) in [5.74, 6) is 0.156. The van der Waals surface area contributed by atoms with Gasteiger partial charge in [0.25, 0.3) is 0 Å². The molecule has 0 radical (unpaired) electrons. The lowest BCUT2D eigenvalue weighted by Gasteiger charge is -2.30. The largest absolute Gasteiger partial charge is 0.501 e. The number of rotatable bonds is 6. The minimum Gasteiger partial charge on any atom is -0.501 e. The van der Waals surface area contributed by atoms with Crippen LogP contribution in [0.3, 0.4) is 0 Å². The molecule has 222 valence electrons. The summed E-state index contributed by atoms with van der Waals surface area (Å²) in [5.41, 5.74) is 5.66. The van der Waals surface area contributed by atoms with E-state index in [1.54, 1.807) is 29.6 Å². The summed E-state index contributed by atoms with van der Waals surface area (Å²) in [6.45, 7) is 4.65. The van der Waals surface area contributed by atoms with Gasteiger partial charge in [-0.3, -0.25) is 14.6 Å². The molecule has 0 bridgehead atoms. The van der Waals surface area contributed by atoms with Crippen LogP contribution < -0.4 is 4.74 Å². The van der Waals surface area contributed by atoms with E-state index in [4.69, 9.17) is 24.7 Å². The van der Waals surface area contributed by atoms with Crippen LogP contribution in [0.25, 0.3) is 27.4 Å². The first-order valence-electron chi connectivity index (χ1n) is 14.5. The molecule has 0 aliphatic carbocycles. The third-order valence-corrected chi connectivity index (χ3v) is 9.01. The number of benzene rings is 1. The van der Waals surface area contributed by atoms with Crippen molar-refractivity contribution in [2.75, 3.05) is 33.4 Å². The molecule has 2 atom stereocenters. The highest BCUT2D eigenvalue weighted by molar-refractivity contribution is 7.17. The molecular weight excluding hydrogens is 563 g/mol. The number of halogens is 1. The van der Waals surface area contributed by atoms with Crippen LogP contribution in [-0.2, 0) is 11.3 Å². The number of fused-ring (bicyclic) bond motifs is 4. The number of likely N-dealkylation sites (N-methyl/N-ethyl adjacent to an activating group) is 1. The van der Waals surface area contributed by atoms with Gasteiger partial charge in [0.15, 0.2) is 0 Å². The second-order valence-corrected chi connectivity index (χ2v) is 11.6. The van der Waals surface area contributed by atoms with Crippen molar-refractivity contribution in [3.8, 4) is 17.0 Å². The fourth-order valence-electron chi connectivity index (χ4n) is 5.66. The average Bonchev–Trinajstić information content (AvgIpc) is 3.67. The van der Waals surface area contributed by atoms with Crippen molar-refractivity contribution in [2.24, 2.45) is 0 Å². The second-order valence-electron chi connectivity index (χ2n) is 10.7. The molecular formula is C34H35FN4O3S. The Balaban J connectivity index is 1.55. The molecule has 2 aliphatic rings.